The molecule has 0 amide bonds. The summed E-state index contributed by atoms with van der Waals surface area (Å²) in [6.45, 7) is 11.4. The third-order valence-corrected chi connectivity index (χ3v) is 4.47. The summed E-state index contributed by atoms with van der Waals surface area (Å²) in [5.74, 6) is 0.505. The van der Waals surface area contributed by atoms with Crippen molar-refractivity contribution < 1.29 is 4.79 Å². The smallest absolute Gasteiger partial charge is 0.150 e. The van der Waals surface area contributed by atoms with Crippen molar-refractivity contribution in [3.63, 3.8) is 0 Å². The maximum atomic E-state index is 11.0. The molecule has 1 aliphatic heterocycles. The summed E-state index contributed by atoms with van der Waals surface area (Å²) in [6, 6.07) is 6.65. The van der Waals surface area contributed by atoms with Gasteiger partial charge in [-0.1, -0.05) is 13.8 Å². The SMILES string of the molecule is CC[C@@H](C)N1c2ccc(C=O)cc2[C@@H](C)CC1(C)C. The van der Waals surface area contributed by atoms with Crippen LogP contribution in [-0.2, 0) is 0 Å². The second-order valence-corrected chi connectivity index (χ2v) is 6.48. The first kappa shape index (κ1) is 14.1. The van der Waals surface area contributed by atoms with E-state index in [1.165, 1.54) is 11.3 Å². The van der Waals surface area contributed by atoms with E-state index in [9.17, 15) is 4.79 Å². The number of anilines is 1. The van der Waals surface area contributed by atoms with E-state index in [1.807, 2.05) is 6.07 Å². The highest BCUT2D eigenvalue weighted by Crippen LogP contribution is 2.44. The number of rotatable bonds is 3. The van der Waals surface area contributed by atoms with Crippen LogP contribution in [0.25, 0.3) is 0 Å². The van der Waals surface area contributed by atoms with Gasteiger partial charge in [-0.25, -0.2) is 0 Å². The fourth-order valence-electron chi connectivity index (χ4n) is 3.56. The Hall–Kier alpha value is -1.31. The Morgan fingerprint density at radius 3 is 2.74 bits per heavy atom. The van der Waals surface area contributed by atoms with Crippen molar-refractivity contribution in [3.05, 3.63) is 29.3 Å². The lowest BCUT2D eigenvalue weighted by molar-refractivity contribution is 0.112. The highest BCUT2D eigenvalue weighted by molar-refractivity contribution is 5.78. The number of nitrogens with zero attached hydrogens (tertiary/aromatic N) is 1. The molecule has 0 aliphatic carbocycles. The molecule has 2 heteroatoms. The van der Waals surface area contributed by atoms with Crippen molar-refractivity contribution in [2.75, 3.05) is 4.90 Å². The Labute approximate surface area is 116 Å². The van der Waals surface area contributed by atoms with Gasteiger partial charge >= 0.3 is 0 Å². The maximum absolute atomic E-state index is 11.0. The van der Waals surface area contributed by atoms with Crippen LogP contribution < -0.4 is 4.90 Å². The molecule has 0 spiro atoms. The summed E-state index contributed by atoms with van der Waals surface area (Å²) < 4.78 is 0. The fraction of sp³-hybridized carbons (Fsp3) is 0.588. The van der Waals surface area contributed by atoms with Crippen LogP contribution >= 0.6 is 0 Å². The lowest BCUT2D eigenvalue weighted by Crippen LogP contribution is -2.52. The van der Waals surface area contributed by atoms with Gasteiger partial charge in [-0.3, -0.25) is 4.79 Å². The Morgan fingerprint density at radius 1 is 1.47 bits per heavy atom. The fourth-order valence-corrected chi connectivity index (χ4v) is 3.56. The Bertz CT molecular complexity index is 478. The molecule has 0 N–H and O–H groups in total. The van der Waals surface area contributed by atoms with Gasteiger partial charge < -0.3 is 4.90 Å². The van der Waals surface area contributed by atoms with Gasteiger partial charge in [0, 0.05) is 22.8 Å². The largest absolute Gasteiger partial charge is 0.363 e. The van der Waals surface area contributed by atoms with Gasteiger partial charge in [0.15, 0.2) is 0 Å². The van der Waals surface area contributed by atoms with Crippen LogP contribution in [0.5, 0.6) is 0 Å². The minimum atomic E-state index is 0.171. The zero-order valence-electron chi connectivity index (χ0n) is 12.7. The molecule has 1 aromatic rings. The van der Waals surface area contributed by atoms with Crippen molar-refractivity contribution in [3.8, 4) is 0 Å². The van der Waals surface area contributed by atoms with Crippen LogP contribution in [0.3, 0.4) is 0 Å². The molecule has 1 heterocycles. The number of aldehydes is 1. The highest BCUT2D eigenvalue weighted by Gasteiger charge is 2.38. The van der Waals surface area contributed by atoms with Crippen LogP contribution in [0.4, 0.5) is 5.69 Å². The number of carbonyl (C=O) groups is 1. The zero-order chi connectivity index (χ0) is 14.2. The molecule has 1 aromatic carbocycles. The van der Waals surface area contributed by atoms with E-state index in [0.717, 1.165) is 24.7 Å². The minimum absolute atomic E-state index is 0.171. The minimum Gasteiger partial charge on any atom is -0.363 e. The van der Waals surface area contributed by atoms with E-state index in [2.05, 4.69) is 51.7 Å². The Balaban J connectivity index is 2.56. The van der Waals surface area contributed by atoms with Crippen LogP contribution in [-0.4, -0.2) is 17.9 Å². The molecule has 104 valence electrons. The van der Waals surface area contributed by atoms with E-state index < -0.39 is 0 Å². The molecule has 0 bridgehead atoms. The van der Waals surface area contributed by atoms with Crippen LogP contribution in [0, 0.1) is 0 Å². The lowest BCUT2D eigenvalue weighted by atomic mass is 9.78. The van der Waals surface area contributed by atoms with Gasteiger partial charge in [0.1, 0.15) is 6.29 Å². The Kier molecular flexibility index (Phi) is 3.71. The van der Waals surface area contributed by atoms with Crippen molar-refractivity contribution in [1.82, 2.24) is 0 Å². The lowest BCUT2D eigenvalue weighted by Gasteiger charge is -2.50. The topological polar surface area (TPSA) is 20.3 Å². The van der Waals surface area contributed by atoms with E-state index in [1.54, 1.807) is 0 Å². The van der Waals surface area contributed by atoms with Gasteiger partial charge in [-0.05, 0) is 63.3 Å². The molecular weight excluding hydrogens is 234 g/mol. The van der Waals surface area contributed by atoms with Crippen molar-refractivity contribution >= 4 is 12.0 Å². The summed E-state index contributed by atoms with van der Waals surface area (Å²) in [6.07, 6.45) is 3.21. The molecule has 0 unspecified atom stereocenters. The van der Waals surface area contributed by atoms with E-state index in [0.29, 0.717) is 12.0 Å². The van der Waals surface area contributed by atoms with Crippen LogP contribution in [0.2, 0.25) is 0 Å². The van der Waals surface area contributed by atoms with E-state index in [-0.39, 0.29) is 5.54 Å². The Morgan fingerprint density at radius 2 is 2.16 bits per heavy atom. The average molecular weight is 259 g/mol. The third kappa shape index (κ3) is 2.41. The highest BCUT2D eigenvalue weighted by atomic mass is 16.1. The average Bonchev–Trinajstić information content (AvgIpc) is 2.37. The predicted octanol–water partition coefficient (Wildman–Crippen LogP) is 4.39. The van der Waals surface area contributed by atoms with Crippen molar-refractivity contribution in [2.45, 2.75) is 65.0 Å². The summed E-state index contributed by atoms with van der Waals surface area (Å²) in [5.41, 5.74) is 3.59. The molecule has 19 heavy (non-hydrogen) atoms. The number of hydrogen-bond acceptors (Lipinski definition) is 2. The van der Waals surface area contributed by atoms with Gasteiger partial charge in [0.2, 0.25) is 0 Å². The molecule has 2 atom stereocenters. The molecule has 0 radical (unpaired) electrons. The zero-order valence-corrected chi connectivity index (χ0v) is 12.7. The first-order valence-electron chi connectivity index (χ1n) is 7.29. The number of benzene rings is 1. The molecule has 1 aliphatic rings. The first-order valence-corrected chi connectivity index (χ1v) is 7.29. The van der Waals surface area contributed by atoms with Gasteiger partial charge in [-0.2, -0.15) is 0 Å². The van der Waals surface area contributed by atoms with Gasteiger partial charge in [0.25, 0.3) is 0 Å². The number of fused-ring (bicyclic) bond motifs is 1. The predicted molar refractivity (Wildman–Crippen MR) is 81.2 cm³/mol. The standard InChI is InChI=1S/C17H25NO/c1-6-13(3)18-16-8-7-14(11-19)9-15(16)12(2)10-17(18,4)5/h7-9,11-13H,6,10H2,1-5H3/t12-,13+/m0/s1. The van der Waals surface area contributed by atoms with Crippen molar-refractivity contribution in [2.24, 2.45) is 0 Å². The molecule has 0 fully saturated rings. The second kappa shape index (κ2) is 4.99. The summed E-state index contributed by atoms with van der Waals surface area (Å²) >= 11 is 0. The molecule has 2 nitrogen and oxygen atoms in total. The summed E-state index contributed by atoms with van der Waals surface area (Å²) in [4.78, 5) is 13.5. The van der Waals surface area contributed by atoms with Crippen LogP contribution in [0.1, 0.15) is 69.3 Å². The molecule has 0 aromatic heterocycles. The first-order chi connectivity index (χ1) is 8.90. The van der Waals surface area contributed by atoms with Crippen molar-refractivity contribution in [1.29, 1.82) is 0 Å². The molecule has 2 rings (SSSR count). The summed E-state index contributed by atoms with van der Waals surface area (Å²) in [5, 5.41) is 0. The molecular formula is C17H25NO. The third-order valence-electron chi connectivity index (χ3n) is 4.47. The van der Waals surface area contributed by atoms with Gasteiger partial charge in [0.05, 0.1) is 0 Å². The summed E-state index contributed by atoms with van der Waals surface area (Å²) in [7, 11) is 0. The monoisotopic (exact) mass is 259 g/mol. The van der Waals surface area contributed by atoms with Crippen LogP contribution in [0.15, 0.2) is 18.2 Å². The number of hydrogen-bond donors (Lipinski definition) is 0. The maximum Gasteiger partial charge on any atom is 0.150 e. The quantitative estimate of drug-likeness (QED) is 0.750. The van der Waals surface area contributed by atoms with E-state index in [4.69, 9.17) is 0 Å². The molecule has 0 saturated carbocycles. The second-order valence-electron chi connectivity index (χ2n) is 6.48. The normalized spacial score (nSPS) is 22.8. The molecule has 0 saturated heterocycles. The number of carbonyl (C=O) groups excluding carboxylic acids is 1. The van der Waals surface area contributed by atoms with E-state index >= 15 is 0 Å². The van der Waals surface area contributed by atoms with Gasteiger partial charge in [-0.15, -0.1) is 0 Å².